The first-order valence-corrected chi connectivity index (χ1v) is 19.8. The van der Waals surface area contributed by atoms with Crippen molar-refractivity contribution in [3.8, 4) is 16.8 Å². The summed E-state index contributed by atoms with van der Waals surface area (Å²) < 4.78 is 2.65. The van der Waals surface area contributed by atoms with Gasteiger partial charge in [0.15, 0.2) is 0 Å². The number of benzene rings is 10. The Balaban J connectivity index is 1.24. The van der Waals surface area contributed by atoms with Crippen LogP contribution in [0.5, 0.6) is 0 Å². The summed E-state index contributed by atoms with van der Waals surface area (Å²) in [7, 11) is 0. The molecule has 0 N–H and O–H groups in total. The Morgan fingerprint density at radius 1 is 0.357 bits per heavy atom. The van der Waals surface area contributed by atoms with E-state index in [2.05, 4.69) is 191 Å². The van der Waals surface area contributed by atoms with E-state index in [4.69, 9.17) is 0 Å². The largest absolute Gasteiger partial charge is 0.311 e. The van der Waals surface area contributed by atoms with Crippen molar-refractivity contribution in [3.63, 3.8) is 0 Å². The van der Waals surface area contributed by atoms with Gasteiger partial charge in [0, 0.05) is 49.8 Å². The van der Waals surface area contributed by atoms with Gasteiger partial charge in [-0.3, -0.25) is 0 Å². The van der Waals surface area contributed by atoms with Gasteiger partial charge in [0.25, 0.3) is 0 Å². The summed E-state index contributed by atoms with van der Waals surface area (Å²) >= 11 is 0. The predicted molar refractivity (Wildman–Crippen MR) is 240 cm³/mol. The first kappa shape index (κ1) is 29.3. The van der Waals surface area contributed by atoms with Crippen LogP contribution in [-0.4, -0.2) is 18.0 Å². The van der Waals surface area contributed by atoms with Crippen LogP contribution in [0.1, 0.15) is 0 Å². The van der Waals surface area contributed by atoms with Gasteiger partial charge in [-0.2, -0.15) is 0 Å². The molecule has 3 aliphatic rings. The van der Waals surface area contributed by atoms with Crippen LogP contribution >= 0.6 is 0 Å². The second-order valence-electron chi connectivity index (χ2n) is 15.9. The van der Waals surface area contributed by atoms with Crippen molar-refractivity contribution in [1.82, 2.24) is 4.57 Å². The highest BCUT2D eigenvalue weighted by molar-refractivity contribution is 7.03. The lowest BCUT2D eigenvalue weighted by Gasteiger charge is -2.39. The molecule has 0 saturated carbocycles. The molecule has 56 heavy (non-hydrogen) atoms. The van der Waals surface area contributed by atoms with E-state index in [1.807, 2.05) is 0 Å². The number of aromatic nitrogens is 1. The predicted octanol–water partition coefficient (Wildman–Crippen LogP) is 8.79. The van der Waals surface area contributed by atoms with E-state index in [0.29, 0.717) is 0 Å². The van der Waals surface area contributed by atoms with Crippen LogP contribution < -0.4 is 37.7 Å². The van der Waals surface area contributed by atoms with Crippen LogP contribution in [0.2, 0.25) is 0 Å². The van der Waals surface area contributed by atoms with E-state index in [1.165, 1.54) is 121 Å². The fourth-order valence-electron chi connectivity index (χ4n) is 11.4. The lowest BCUT2D eigenvalue weighted by molar-refractivity contribution is 1.21. The van der Waals surface area contributed by atoms with E-state index >= 15 is 0 Å². The summed E-state index contributed by atoms with van der Waals surface area (Å²) in [6, 6.07) is 68.6. The third kappa shape index (κ3) is 3.40. The standard InChI is InChI=1S/C52H30B2N2/c1-3-15-31(16-4-1)53-42-26-10-12-28-44(42)55(32-17-5-2-6-18-32)51-39-23-14-22-38-46(39)45-37(48(51)53)21-13-24-40(45)52-49(38)54-41-25-9-7-19-33(41)35-29-30-36-34-20-8-11-27-43(34)56(52)50(36)47(35)54/h1-30H. The minimum Gasteiger partial charge on any atom is -0.311 e. The molecule has 0 aliphatic carbocycles. The number of hydrogen-bond donors (Lipinski definition) is 0. The summed E-state index contributed by atoms with van der Waals surface area (Å²) in [5, 5.41) is 10.7. The van der Waals surface area contributed by atoms with Gasteiger partial charge in [0.1, 0.15) is 0 Å². The maximum Gasteiger partial charge on any atom is 0.249 e. The maximum atomic E-state index is 2.65. The molecule has 4 heteroatoms. The Morgan fingerprint density at radius 3 is 1.77 bits per heavy atom. The molecule has 0 radical (unpaired) electrons. The molecule has 1 aromatic heterocycles. The number of fused-ring (bicyclic) bond motifs is 15. The second kappa shape index (κ2) is 10.4. The Morgan fingerprint density at radius 2 is 0.964 bits per heavy atom. The zero-order valence-electron chi connectivity index (χ0n) is 30.4. The zero-order valence-corrected chi connectivity index (χ0v) is 30.4. The Kier molecular flexibility index (Phi) is 5.44. The van der Waals surface area contributed by atoms with Crippen molar-refractivity contribution in [2.75, 3.05) is 4.90 Å². The van der Waals surface area contributed by atoms with E-state index in [9.17, 15) is 0 Å². The average molecular weight is 704 g/mol. The highest BCUT2D eigenvalue weighted by atomic mass is 15.2. The van der Waals surface area contributed by atoms with Gasteiger partial charge >= 0.3 is 0 Å². The van der Waals surface area contributed by atoms with E-state index < -0.39 is 0 Å². The highest BCUT2D eigenvalue weighted by Gasteiger charge is 2.44. The summed E-state index contributed by atoms with van der Waals surface area (Å²) in [6.07, 6.45) is 0. The number of hydrogen-bond acceptors (Lipinski definition) is 1. The van der Waals surface area contributed by atoms with Crippen LogP contribution in [0.25, 0.3) is 70.9 Å². The fraction of sp³-hybridized carbons (Fsp3) is 0. The molecule has 3 aliphatic heterocycles. The molecule has 0 amide bonds. The summed E-state index contributed by atoms with van der Waals surface area (Å²) in [4.78, 5) is 2.56. The number of para-hydroxylation sites is 3. The van der Waals surface area contributed by atoms with Crippen LogP contribution in [0.15, 0.2) is 182 Å². The molecule has 11 aromatic rings. The molecule has 10 aromatic carbocycles. The van der Waals surface area contributed by atoms with Crippen molar-refractivity contribution in [3.05, 3.63) is 182 Å². The monoisotopic (exact) mass is 704 g/mol. The molecule has 2 nitrogen and oxygen atoms in total. The molecule has 0 bridgehead atoms. The Bertz CT molecular complexity index is 3500. The number of nitrogens with zero attached hydrogens (tertiary/aromatic N) is 2. The first-order valence-electron chi connectivity index (χ1n) is 19.8. The lowest BCUT2D eigenvalue weighted by Crippen LogP contribution is -2.57. The second-order valence-corrected chi connectivity index (χ2v) is 15.9. The summed E-state index contributed by atoms with van der Waals surface area (Å²) in [5.74, 6) is 0. The minimum atomic E-state index is 0.0523. The molecular formula is C52H30B2N2. The van der Waals surface area contributed by atoms with Gasteiger partial charge in [-0.25, -0.2) is 0 Å². The Hall–Kier alpha value is -7.03. The SMILES string of the molecule is c1ccc(B2c3ccccc3N(c3ccccc3)c3c2c2cccc4c5c(c6cccc3c6c24)B2c3ccccc3-c3ccc4c6ccccc6n-5c4c32)cc1. The molecule has 0 fully saturated rings. The average Bonchev–Trinajstić information content (AvgIpc) is 3.78. The molecule has 0 spiro atoms. The molecular weight excluding hydrogens is 674 g/mol. The molecule has 254 valence electrons. The number of anilines is 3. The molecule has 0 saturated heterocycles. The zero-order chi connectivity index (χ0) is 36.2. The van der Waals surface area contributed by atoms with Gasteiger partial charge in [0.2, 0.25) is 13.4 Å². The topological polar surface area (TPSA) is 8.17 Å². The first-order chi connectivity index (χ1) is 27.9. The van der Waals surface area contributed by atoms with Gasteiger partial charge in [-0.15, -0.1) is 0 Å². The van der Waals surface area contributed by atoms with Gasteiger partial charge in [0.05, 0.1) is 5.52 Å². The van der Waals surface area contributed by atoms with Crippen molar-refractivity contribution < 1.29 is 0 Å². The van der Waals surface area contributed by atoms with Crippen LogP contribution in [-0.2, 0) is 0 Å². The van der Waals surface area contributed by atoms with Crippen LogP contribution in [0, 0.1) is 0 Å². The molecule has 14 rings (SSSR count). The van der Waals surface area contributed by atoms with E-state index in [1.54, 1.807) is 0 Å². The number of rotatable bonds is 2. The normalized spacial score (nSPS) is 13.6. The molecule has 0 unspecified atom stereocenters. The summed E-state index contributed by atoms with van der Waals surface area (Å²) in [6.45, 7) is 0.182. The van der Waals surface area contributed by atoms with Crippen LogP contribution in [0.4, 0.5) is 17.1 Å². The molecule has 0 atom stereocenters. The van der Waals surface area contributed by atoms with Gasteiger partial charge in [-0.1, -0.05) is 169 Å². The third-order valence-corrected chi connectivity index (χ3v) is 13.4. The third-order valence-electron chi connectivity index (χ3n) is 13.4. The van der Waals surface area contributed by atoms with Gasteiger partial charge < -0.3 is 9.47 Å². The van der Waals surface area contributed by atoms with Crippen LogP contribution in [0.3, 0.4) is 0 Å². The Labute approximate surface area is 324 Å². The van der Waals surface area contributed by atoms with Crippen molar-refractivity contribution in [2.24, 2.45) is 0 Å². The van der Waals surface area contributed by atoms with Crippen molar-refractivity contribution in [1.29, 1.82) is 0 Å². The summed E-state index contributed by atoms with van der Waals surface area (Å²) in [5.41, 5.74) is 18.7. The lowest BCUT2D eigenvalue weighted by atomic mass is 9.34. The highest BCUT2D eigenvalue weighted by Crippen LogP contribution is 2.48. The molecule has 4 heterocycles. The van der Waals surface area contributed by atoms with E-state index in [0.717, 1.165) is 0 Å². The van der Waals surface area contributed by atoms with Gasteiger partial charge in [-0.05, 0) is 78.8 Å². The minimum absolute atomic E-state index is 0.0523. The van der Waals surface area contributed by atoms with E-state index in [-0.39, 0.29) is 13.4 Å². The fourth-order valence-corrected chi connectivity index (χ4v) is 11.4. The maximum absolute atomic E-state index is 2.65. The van der Waals surface area contributed by atoms with Crippen molar-refractivity contribution >= 4 is 117 Å². The smallest absolute Gasteiger partial charge is 0.249 e. The quantitative estimate of drug-likeness (QED) is 0.129. The van der Waals surface area contributed by atoms with Crippen molar-refractivity contribution in [2.45, 2.75) is 0 Å².